The zero-order valence-electron chi connectivity index (χ0n) is 10.3. The van der Waals surface area contributed by atoms with Crippen molar-refractivity contribution in [3.05, 3.63) is 34.4 Å². The van der Waals surface area contributed by atoms with Gasteiger partial charge in [-0.25, -0.2) is 0 Å². The second kappa shape index (κ2) is 5.95. The zero-order chi connectivity index (χ0) is 13.8. The number of hydrogen-bond donors (Lipinski definition) is 1. The molecule has 5 nitrogen and oxygen atoms in total. The highest BCUT2D eigenvalue weighted by molar-refractivity contribution is 6.32. The van der Waals surface area contributed by atoms with Crippen molar-refractivity contribution < 1.29 is 9.47 Å². The predicted octanol–water partition coefficient (Wildman–Crippen LogP) is 3.54. The molecule has 1 N–H and O–H groups in total. The molecule has 0 saturated carbocycles. The summed E-state index contributed by atoms with van der Waals surface area (Å²) in [6, 6.07) is 6.72. The van der Waals surface area contributed by atoms with Crippen LogP contribution in [-0.4, -0.2) is 24.4 Å². The molecule has 0 bridgehead atoms. The Balaban J connectivity index is 2.35. The normalized spacial score (nSPS) is 10.1. The van der Waals surface area contributed by atoms with Gasteiger partial charge in [0.05, 0.1) is 24.9 Å². The van der Waals surface area contributed by atoms with Gasteiger partial charge in [-0.15, -0.1) is 10.2 Å². The maximum Gasteiger partial charge on any atom is 0.153 e. The number of rotatable bonds is 4. The average Bonchev–Trinajstić information content (AvgIpc) is 2.42. The van der Waals surface area contributed by atoms with Crippen LogP contribution in [0.5, 0.6) is 11.5 Å². The number of nitrogens with one attached hydrogen (secondary N) is 1. The summed E-state index contributed by atoms with van der Waals surface area (Å²) in [6.45, 7) is 0. The summed E-state index contributed by atoms with van der Waals surface area (Å²) in [7, 11) is 3.09. The average molecular weight is 300 g/mol. The molecule has 0 spiro atoms. The van der Waals surface area contributed by atoms with Crippen molar-refractivity contribution in [2.24, 2.45) is 0 Å². The molecule has 7 heteroatoms. The van der Waals surface area contributed by atoms with E-state index >= 15 is 0 Å². The van der Waals surface area contributed by atoms with Crippen molar-refractivity contribution in [2.45, 2.75) is 0 Å². The second-order valence-corrected chi connectivity index (χ2v) is 4.35. The van der Waals surface area contributed by atoms with Gasteiger partial charge in [0.2, 0.25) is 0 Å². The number of ether oxygens (including phenoxy) is 2. The SMILES string of the molecule is COc1cc(Nc2ccc(Cl)nn2)c(OC)cc1Cl. The molecule has 2 aromatic rings. The molecule has 0 aliphatic carbocycles. The number of halogens is 2. The first-order chi connectivity index (χ1) is 9.13. The van der Waals surface area contributed by atoms with Gasteiger partial charge in [0.1, 0.15) is 11.5 Å². The largest absolute Gasteiger partial charge is 0.495 e. The number of benzene rings is 1. The first-order valence-electron chi connectivity index (χ1n) is 5.32. The summed E-state index contributed by atoms with van der Waals surface area (Å²) in [6.07, 6.45) is 0. The molecule has 19 heavy (non-hydrogen) atoms. The van der Waals surface area contributed by atoms with Gasteiger partial charge in [0, 0.05) is 12.1 Å². The van der Waals surface area contributed by atoms with E-state index in [1.54, 1.807) is 38.5 Å². The number of methoxy groups -OCH3 is 2. The third-order valence-electron chi connectivity index (χ3n) is 2.37. The molecule has 0 atom stereocenters. The molecule has 1 heterocycles. The van der Waals surface area contributed by atoms with Gasteiger partial charge in [-0.1, -0.05) is 23.2 Å². The summed E-state index contributed by atoms with van der Waals surface area (Å²) >= 11 is 11.7. The Morgan fingerprint density at radius 1 is 1.00 bits per heavy atom. The molecule has 0 amide bonds. The molecule has 1 aromatic heterocycles. The predicted molar refractivity (Wildman–Crippen MR) is 74.9 cm³/mol. The molecule has 100 valence electrons. The lowest BCUT2D eigenvalue weighted by Gasteiger charge is -2.13. The van der Waals surface area contributed by atoms with Gasteiger partial charge in [0.25, 0.3) is 0 Å². The van der Waals surface area contributed by atoms with Crippen LogP contribution in [-0.2, 0) is 0 Å². The quantitative estimate of drug-likeness (QED) is 0.936. The van der Waals surface area contributed by atoms with Crippen molar-refractivity contribution in [1.82, 2.24) is 10.2 Å². The van der Waals surface area contributed by atoms with Gasteiger partial charge in [-0.05, 0) is 12.1 Å². The van der Waals surface area contributed by atoms with Crippen molar-refractivity contribution in [1.29, 1.82) is 0 Å². The lowest BCUT2D eigenvalue weighted by molar-refractivity contribution is 0.405. The Morgan fingerprint density at radius 2 is 1.74 bits per heavy atom. The summed E-state index contributed by atoms with van der Waals surface area (Å²) in [5, 5.41) is 11.5. The van der Waals surface area contributed by atoms with Gasteiger partial charge < -0.3 is 14.8 Å². The zero-order valence-corrected chi connectivity index (χ0v) is 11.8. The fourth-order valence-corrected chi connectivity index (χ4v) is 1.81. The fourth-order valence-electron chi connectivity index (χ4n) is 1.48. The van der Waals surface area contributed by atoms with Crippen LogP contribution in [0.1, 0.15) is 0 Å². The third kappa shape index (κ3) is 3.19. The van der Waals surface area contributed by atoms with E-state index in [1.807, 2.05) is 0 Å². The highest BCUT2D eigenvalue weighted by Crippen LogP contribution is 2.36. The lowest BCUT2D eigenvalue weighted by atomic mass is 10.2. The minimum atomic E-state index is 0.325. The maximum atomic E-state index is 6.03. The maximum absolute atomic E-state index is 6.03. The van der Waals surface area contributed by atoms with E-state index in [9.17, 15) is 0 Å². The number of anilines is 2. The third-order valence-corrected chi connectivity index (χ3v) is 2.87. The molecule has 1 aromatic carbocycles. The minimum absolute atomic E-state index is 0.325. The number of hydrogen-bond acceptors (Lipinski definition) is 5. The van der Waals surface area contributed by atoms with Crippen LogP contribution in [0.2, 0.25) is 10.2 Å². The van der Waals surface area contributed by atoms with Crippen LogP contribution in [0.15, 0.2) is 24.3 Å². The number of nitrogens with zero attached hydrogens (tertiary/aromatic N) is 2. The van der Waals surface area contributed by atoms with Crippen molar-refractivity contribution in [3.63, 3.8) is 0 Å². The van der Waals surface area contributed by atoms with Crippen LogP contribution in [0.3, 0.4) is 0 Å². The molecule has 0 aliphatic rings. The van der Waals surface area contributed by atoms with Crippen LogP contribution >= 0.6 is 23.2 Å². The smallest absolute Gasteiger partial charge is 0.153 e. The molecule has 0 unspecified atom stereocenters. The van der Waals surface area contributed by atoms with E-state index in [4.69, 9.17) is 32.7 Å². The van der Waals surface area contributed by atoms with Crippen LogP contribution in [0.4, 0.5) is 11.5 Å². The van der Waals surface area contributed by atoms with Crippen LogP contribution in [0.25, 0.3) is 0 Å². The van der Waals surface area contributed by atoms with E-state index in [0.717, 1.165) is 0 Å². The molecule has 2 rings (SSSR count). The first-order valence-corrected chi connectivity index (χ1v) is 6.07. The number of aromatic nitrogens is 2. The summed E-state index contributed by atoms with van der Waals surface area (Å²) in [4.78, 5) is 0. The Morgan fingerprint density at radius 3 is 2.32 bits per heavy atom. The molecular weight excluding hydrogens is 289 g/mol. The van der Waals surface area contributed by atoms with Crippen LogP contribution < -0.4 is 14.8 Å². The minimum Gasteiger partial charge on any atom is -0.495 e. The fraction of sp³-hybridized carbons (Fsp3) is 0.167. The monoisotopic (exact) mass is 299 g/mol. The summed E-state index contributed by atoms with van der Waals surface area (Å²) in [5.41, 5.74) is 0.667. The molecule has 0 saturated heterocycles. The molecular formula is C12H11Cl2N3O2. The van der Waals surface area contributed by atoms with Crippen molar-refractivity contribution >= 4 is 34.7 Å². The van der Waals surface area contributed by atoms with E-state index < -0.39 is 0 Å². The van der Waals surface area contributed by atoms with Crippen molar-refractivity contribution in [3.8, 4) is 11.5 Å². The van der Waals surface area contributed by atoms with Gasteiger partial charge in [-0.2, -0.15) is 0 Å². The van der Waals surface area contributed by atoms with Gasteiger partial charge >= 0.3 is 0 Å². The standard InChI is InChI=1S/C12H11Cl2N3O2/c1-18-9-6-8(10(19-2)5-7(9)13)15-12-4-3-11(14)16-17-12/h3-6H,1-2H3,(H,15,17). The van der Waals surface area contributed by atoms with Crippen LogP contribution in [0, 0.1) is 0 Å². The van der Waals surface area contributed by atoms with E-state index in [1.165, 1.54) is 0 Å². The highest BCUT2D eigenvalue weighted by atomic mass is 35.5. The molecule has 0 radical (unpaired) electrons. The Hall–Kier alpha value is -1.72. The summed E-state index contributed by atoms with van der Waals surface area (Å²) < 4.78 is 10.4. The second-order valence-electron chi connectivity index (χ2n) is 3.55. The Labute approximate surface area is 120 Å². The molecule has 0 aliphatic heterocycles. The molecule has 0 fully saturated rings. The van der Waals surface area contributed by atoms with Gasteiger partial charge in [0.15, 0.2) is 11.0 Å². The Kier molecular flexibility index (Phi) is 4.29. The Bertz CT molecular complexity index is 576. The van der Waals surface area contributed by atoms with Gasteiger partial charge in [-0.3, -0.25) is 0 Å². The first kappa shape index (κ1) is 13.7. The highest BCUT2D eigenvalue weighted by Gasteiger charge is 2.10. The van der Waals surface area contributed by atoms with E-state index in [-0.39, 0.29) is 0 Å². The van der Waals surface area contributed by atoms with E-state index in [2.05, 4.69) is 15.5 Å². The van der Waals surface area contributed by atoms with Crippen molar-refractivity contribution in [2.75, 3.05) is 19.5 Å². The topological polar surface area (TPSA) is 56.3 Å². The van der Waals surface area contributed by atoms with E-state index in [0.29, 0.717) is 33.2 Å². The summed E-state index contributed by atoms with van der Waals surface area (Å²) in [5.74, 6) is 1.64. The lowest BCUT2D eigenvalue weighted by Crippen LogP contribution is -1.99.